The van der Waals surface area contributed by atoms with Crippen molar-refractivity contribution in [1.82, 2.24) is 16.0 Å². The fraction of sp³-hybridized carbons (Fsp3) is 0.348. The second kappa shape index (κ2) is 9.34. The van der Waals surface area contributed by atoms with Crippen molar-refractivity contribution in [1.29, 1.82) is 0 Å². The number of ether oxygens (including phenoxy) is 1. The molecule has 31 heavy (non-hydrogen) atoms. The minimum atomic E-state index is -0.408. The number of carbonyl (C=O) groups is 2. The summed E-state index contributed by atoms with van der Waals surface area (Å²) in [5, 5.41) is 3.91. The van der Waals surface area contributed by atoms with Crippen molar-refractivity contribution in [3.05, 3.63) is 68.2 Å². The number of hydrazine groups is 1. The molecule has 0 unspecified atom stereocenters. The highest BCUT2D eigenvalue weighted by Gasteiger charge is 2.17. The van der Waals surface area contributed by atoms with Crippen LogP contribution in [-0.2, 0) is 19.4 Å². The van der Waals surface area contributed by atoms with Gasteiger partial charge in [0.05, 0.1) is 16.1 Å². The molecule has 0 bridgehead atoms. The number of aromatic nitrogens is 1. The van der Waals surface area contributed by atoms with Crippen LogP contribution in [0.4, 0.5) is 0 Å². The predicted molar refractivity (Wildman–Crippen MR) is 117 cm³/mol. The number of aryl methyl sites for hydroxylation is 4. The van der Waals surface area contributed by atoms with E-state index in [-0.39, 0.29) is 5.91 Å². The maximum atomic E-state index is 12.5. The third-order valence-electron chi connectivity index (χ3n) is 5.42. The Bertz CT molecular complexity index is 1060. The maximum absolute atomic E-state index is 12.5. The summed E-state index contributed by atoms with van der Waals surface area (Å²) in [5.41, 5.74) is 8.33. The van der Waals surface area contributed by atoms with E-state index in [2.05, 4.69) is 16.0 Å². The Kier molecular flexibility index (Phi) is 6.36. The first-order valence-electron chi connectivity index (χ1n) is 10.4. The molecule has 0 radical (unpaired) electrons. The Balaban J connectivity index is 1.34. The Morgan fingerprint density at radius 3 is 2.71 bits per heavy atom. The van der Waals surface area contributed by atoms with E-state index < -0.39 is 5.91 Å². The molecular weight excluding hydrogens is 414 g/mol. The van der Waals surface area contributed by atoms with Gasteiger partial charge in [0.15, 0.2) is 0 Å². The van der Waals surface area contributed by atoms with Crippen LogP contribution in [0.15, 0.2) is 34.9 Å². The first-order chi connectivity index (χ1) is 15.0. The summed E-state index contributed by atoms with van der Waals surface area (Å²) in [6, 6.07) is 8.75. The molecular formula is C23H25N3O4S. The van der Waals surface area contributed by atoms with Gasteiger partial charge in [0.25, 0.3) is 11.8 Å². The van der Waals surface area contributed by atoms with Crippen molar-refractivity contribution >= 4 is 23.2 Å². The van der Waals surface area contributed by atoms with Gasteiger partial charge in [-0.05, 0) is 69.4 Å². The van der Waals surface area contributed by atoms with Crippen LogP contribution < -0.4 is 15.6 Å². The zero-order valence-electron chi connectivity index (χ0n) is 17.6. The van der Waals surface area contributed by atoms with E-state index in [1.165, 1.54) is 34.6 Å². The number of thiophene rings is 1. The Morgan fingerprint density at radius 1 is 1.10 bits per heavy atom. The Morgan fingerprint density at radius 2 is 1.90 bits per heavy atom. The van der Waals surface area contributed by atoms with Gasteiger partial charge in [-0.3, -0.25) is 20.4 Å². The molecule has 0 fully saturated rings. The van der Waals surface area contributed by atoms with Gasteiger partial charge in [0.1, 0.15) is 18.1 Å². The van der Waals surface area contributed by atoms with Crippen molar-refractivity contribution in [3.63, 3.8) is 0 Å². The van der Waals surface area contributed by atoms with Gasteiger partial charge in [-0.2, -0.15) is 0 Å². The molecule has 1 aromatic carbocycles. The smallest absolute Gasteiger partial charge is 0.279 e. The van der Waals surface area contributed by atoms with Crippen molar-refractivity contribution in [2.45, 2.75) is 52.6 Å². The van der Waals surface area contributed by atoms with Crippen molar-refractivity contribution < 1.29 is 18.8 Å². The summed E-state index contributed by atoms with van der Waals surface area (Å²) in [6.45, 7) is 3.98. The summed E-state index contributed by atoms with van der Waals surface area (Å²) in [4.78, 5) is 26.9. The first kappa shape index (κ1) is 21.1. The summed E-state index contributed by atoms with van der Waals surface area (Å²) < 4.78 is 10.9. The minimum Gasteiger partial charge on any atom is -0.489 e. The van der Waals surface area contributed by atoms with E-state index in [4.69, 9.17) is 9.26 Å². The molecule has 0 aliphatic heterocycles. The standard InChI is InChI=1S/C23H25N3O4S/c1-14-19(15(2)30-26-14)13-29-18-9-6-8-17(11-18)22(27)24-25-23(28)21-12-16-7-4-3-5-10-20(16)31-21/h6,8-9,11-12H,3-5,7,10,13H2,1-2H3,(H,24,27)(H,25,28). The lowest BCUT2D eigenvalue weighted by Gasteiger charge is -2.09. The Hall–Kier alpha value is -3.13. The molecule has 0 saturated carbocycles. The molecule has 1 aliphatic carbocycles. The second-order valence-corrected chi connectivity index (χ2v) is 8.78. The van der Waals surface area contributed by atoms with Crippen molar-refractivity contribution in [2.75, 3.05) is 0 Å². The number of amides is 2. The molecule has 2 heterocycles. The molecule has 8 heteroatoms. The molecule has 2 aromatic heterocycles. The number of hydrogen-bond acceptors (Lipinski definition) is 6. The quantitative estimate of drug-likeness (QED) is 0.457. The monoisotopic (exact) mass is 439 g/mol. The van der Waals surface area contributed by atoms with E-state index >= 15 is 0 Å². The number of carbonyl (C=O) groups excluding carboxylic acids is 2. The van der Waals surface area contributed by atoms with Crippen LogP contribution in [0.1, 0.15) is 66.8 Å². The van der Waals surface area contributed by atoms with Gasteiger partial charge in [-0.25, -0.2) is 0 Å². The fourth-order valence-electron chi connectivity index (χ4n) is 3.62. The van der Waals surface area contributed by atoms with Crippen molar-refractivity contribution in [2.24, 2.45) is 0 Å². The van der Waals surface area contributed by atoms with Gasteiger partial charge in [-0.1, -0.05) is 17.6 Å². The summed E-state index contributed by atoms with van der Waals surface area (Å²) in [6.07, 6.45) is 5.61. The second-order valence-electron chi connectivity index (χ2n) is 7.65. The van der Waals surface area contributed by atoms with Gasteiger partial charge in [0, 0.05) is 10.4 Å². The molecule has 4 rings (SSSR count). The molecule has 0 saturated heterocycles. The molecule has 0 spiro atoms. The topological polar surface area (TPSA) is 93.5 Å². The lowest BCUT2D eigenvalue weighted by atomic mass is 10.1. The zero-order valence-corrected chi connectivity index (χ0v) is 18.4. The van der Waals surface area contributed by atoms with Crippen LogP contribution >= 0.6 is 11.3 Å². The molecule has 0 atom stereocenters. The van der Waals surface area contributed by atoms with Crippen LogP contribution in [-0.4, -0.2) is 17.0 Å². The average molecular weight is 440 g/mol. The molecule has 3 aromatic rings. The summed E-state index contributed by atoms with van der Waals surface area (Å²) >= 11 is 1.52. The molecule has 7 nitrogen and oxygen atoms in total. The molecule has 2 N–H and O–H groups in total. The van der Waals surface area contributed by atoms with Crippen LogP contribution in [0.3, 0.4) is 0 Å². The van der Waals surface area contributed by atoms with Crippen LogP contribution in [0, 0.1) is 13.8 Å². The number of nitrogens with zero attached hydrogens (tertiary/aromatic N) is 1. The number of nitrogens with one attached hydrogen (secondary N) is 2. The maximum Gasteiger partial charge on any atom is 0.279 e. The van der Waals surface area contributed by atoms with E-state index in [1.807, 2.05) is 19.9 Å². The van der Waals surface area contributed by atoms with Gasteiger partial charge < -0.3 is 9.26 Å². The van der Waals surface area contributed by atoms with E-state index in [0.717, 1.165) is 30.5 Å². The van der Waals surface area contributed by atoms with Crippen molar-refractivity contribution in [3.8, 4) is 5.75 Å². The van der Waals surface area contributed by atoms with E-state index in [0.29, 0.717) is 28.6 Å². The van der Waals surface area contributed by atoms with Gasteiger partial charge in [-0.15, -0.1) is 11.3 Å². The highest BCUT2D eigenvalue weighted by Crippen LogP contribution is 2.28. The molecule has 1 aliphatic rings. The number of hydrogen-bond donors (Lipinski definition) is 2. The number of fused-ring (bicyclic) bond motifs is 1. The zero-order chi connectivity index (χ0) is 21.8. The molecule has 162 valence electrons. The fourth-order valence-corrected chi connectivity index (χ4v) is 4.77. The number of benzene rings is 1. The normalized spacial score (nSPS) is 13.2. The predicted octanol–water partition coefficient (Wildman–Crippen LogP) is 4.28. The molecule has 2 amide bonds. The van der Waals surface area contributed by atoms with Crippen LogP contribution in [0.2, 0.25) is 0 Å². The lowest BCUT2D eigenvalue weighted by molar-refractivity contribution is 0.0848. The van der Waals surface area contributed by atoms with Crippen LogP contribution in [0.5, 0.6) is 5.75 Å². The lowest BCUT2D eigenvalue weighted by Crippen LogP contribution is -2.41. The van der Waals surface area contributed by atoms with E-state index in [9.17, 15) is 9.59 Å². The summed E-state index contributed by atoms with van der Waals surface area (Å²) in [7, 11) is 0. The van der Waals surface area contributed by atoms with E-state index in [1.54, 1.807) is 24.3 Å². The largest absolute Gasteiger partial charge is 0.489 e. The highest BCUT2D eigenvalue weighted by molar-refractivity contribution is 7.14. The van der Waals surface area contributed by atoms with Gasteiger partial charge in [0.2, 0.25) is 0 Å². The average Bonchev–Trinajstić information content (AvgIpc) is 3.25. The third-order valence-corrected chi connectivity index (χ3v) is 6.66. The highest BCUT2D eigenvalue weighted by atomic mass is 32.1. The summed E-state index contributed by atoms with van der Waals surface area (Å²) in [5.74, 6) is 0.549. The SMILES string of the molecule is Cc1noc(C)c1COc1cccc(C(=O)NNC(=O)c2cc3c(s2)CCCCC3)c1. The Labute approximate surface area is 184 Å². The minimum absolute atomic E-state index is 0.294. The number of rotatable bonds is 5. The first-order valence-corrected chi connectivity index (χ1v) is 11.2. The third kappa shape index (κ3) is 4.96. The van der Waals surface area contributed by atoms with Crippen LogP contribution in [0.25, 0.3) is 0 Å². The van der Waals surface area contributed by atoms with Gasteiger partial charge >= 0.3 is 0 Å².